The quantitative estimate of drug-likeness (QED) is 0.152. The molecule has 2 heteroatoms. The Morgan fingerprint density at radius 1 is 0.757 bits per heavy atom. The number of nitrogens with one attached hydrogen (secondary N) is 1. The summed E-state index contributed by atoms with van der Waals surface area (Å²) in [4.78, 5) is 0. The zero-order valence-corrected chi connectivity index (χ0v) is 27.8. The lowest BCUT2D eigenvalue weighted by molar-refractivity contribution is 0.370. The van der Waals surface area contributed by atoms with Crippen LogP contribution in [-0.4, -0.2) is 12.6 Å². The lowest BCUT2D eigenvalue weighted by Gasteiger charge is -2.22. The maximum Gasteiger partial charge on any atom is 0.0369 e. The number of rotatable bonds is 12. The van der Waals surface area contributed by atoms with Gasteiger partial charge in [0.1, 0.15) is 0 Å². The van der Waals surface area contributed by atoms with Crippen LogP contribution in [0, 0.1) is 5.92 Å². The largest absolute Gasteiger partial charge is 0.398 e. The molecule has 1 rings (SSSR count). The average Bonchev–Trinajstić information content (AvgIpc) is 2.86. The highest BCUT2D eigenvalue weighted by atomic mass is 14.9. The Hall–Kier alpha value is -1.28. The normalized spacial score (nSPS) is 13.2. The lowest BCUT2D eigenvalue weighted by Crippen LogP contribution is -2.31. The third-order valence-electron chi connectivity index (χ3n) is 5.78. The first-order valence-corrected chi connectivity index (χ1v) is 15.6. The Morgan fingerprint density at radius 2 is 1.22 bits per heavy atom. The van der Waals surface area contributed by atoms with Crippen molar-refractivity contribution in [2.45, 2.75) is 166 Å². The first-order chi connectivity index (χ1) is 17.4. The number of hydrogen-bond donors (Lipinski definition) is 2. The van der Waals surface area contributed by atoms with Crippen molar-refractivity contribution in [3.8, 4) is 0 Å². The molecule has 2 nitrogen and oxygen atoms in total. The van der Waals surface area contributed by atoms with Crippen LogP contribution in [0.2, 0.25) is 0 Å². The van der Waals surface area contributed by atoms with Crippen LogP contribution in [0.4, 0.5) is 0 Å². The summed E-state index contributed by atoms with van der Waals surface area (Å²) in [5.74, 6) is 0.833. The van der Waals surface area contributed by atoms with E-state index in [-0.39, 0.29) is 0 Å². The van der Waals surface area contributed by atoms with Gasteiger partial charge in [0.15, 0.2) is 0 Å². The zero-order chi connectivity index (χ0) is 29.6. The highest BCUT2D eigenvalue weighted by Gasteiger charge is 2.11. The van der Waals surface area contributed by atoms with Gasteiger partial charge in [0.25, 0.3) is 0 Å². The van der Waals surface area contributed by atoms with E-state index < -0.39 is 0 Å². The molecule has 0 aliphatic heterocycles. The minimum atomic E-state index is 0.757. The van der Waals surface area contributed by atoms with Crippen molar-refractivity contribution in [3.63, 3.8) is 0 Å². The Bertz CT molecular complexity index is 523. The van der Waals surface area contributed by atoms with E-state index in [0.29, 0.717) is 0 Å². The van der Waals surface area contributed by atoms with Gasteiger partial charge >= 0.3 is 0 Å². The summed E-state index contributed by atoms with van der Waals surface area (Å²) in [7, 11) is 0. The Balaban J connectivity index is -0.000000208. The van der Waals surface area contributed by atoms with E-state index in [9.17, 15) is 0 Å². The van der Waals surface area contributed by atoms with Crippen LogP contribution < -0.4 is 11.1 Å². The Morgan fingerprint density at radius 3 is 1.54 bits per heavy atom. The van der Waals surface area contributed by atoms with Gasteiger partial charge in [-0.3, -0.25) is 0 Å². The van der Waals surface area contributed by atoms with E-state index >= 15 is 0 Å². The molecule has 1 aliphatic rings. The molecular formula is C35H72N2. The summed E-state index contributed by atoms with van der Waals surface area (Å²) in [6, 6.07) is 0.856. The van der Waals surface area contributed by atoms with Gasteiger partial charge in [-0.05, 0) is 83.4 Å². The Kier molecular flexibility index (Phi) is 37.9. The molecule has 0 bridgehead atoms. The maximum absolute atomic E-state index is 5.68. The molecule has 0 spiro atoms. The highest BCUT2D eigenvalue weighted by Crippen LogP contribution is 2.17. The van der Waals surface area contributed by atoms with E-state index in [1.807, 2.05) is 34.6 Å². The standard InChI is InChI=1S/C13H27N.C9H15N.C7H14.C4H10.C2H6/c1-2-3-4-5-9-12-14-13-10-7-6-8-11-13;1-6(2)8(5)9(10)7(3)4;1-4-5-6-7(2)3;1-4(2)3;1-2/h13-14H,2-12H2,1H3;1,3,10H2,2,4-5H3;2,4-6H2,1,3H3;4H,1-3H3;1-2H3/b;9-8+;;;. The van der Waals surface area contributed by atoms with Crippen molar-refractivity contribution in [2.24, 2.45) is 11.7 Å². The number of nitrogens with two attached hydrogens (primary N) is 1. The van der Waals surface area contributed by atoms with Gasteiger partial charge < -0.3 is 11.1 Å². The minimum absolute atomic E-state index is 0.757. The monoisotopic (exact) mass is 521 g/mol. The van der Waals surface area contributed by atoms with Crippen molar-refractivity contribution in [2.75, 3.05) is 6.54 Å². The second-order valence-electron chi connectivity index (χ2n) is 11.1. The molecule has 0 aromatic carbocycles. The minimum Gasteiger partial charge on any atom is -0.398 e. The van der Waals surface area contributed by atoms with Crippen molar-refractivity contribution in [3.05, 3.63) is 47.7 Å². The SMILES string of the molecule is C=C(C)/C(C)=C(/N)C(=C)C.C=C(C)CCCC.CC.CC(C)C.CCCCCCCNC1CCCCC1. The fraction of sp³-hybridized carbons (Fsp3) is 0.771. The molecule has 0 heterocycles. The molecule has 0 aromatic heterocycles. The van der Waals surface area contributed by atoms with Gasteiger partial charge in [0, 0.05) is 11.7 Å². The highest BCUT2D eigenvalue weighted by molar-refractivity contribution is 5.37. The van der Waals surface area contributed by atoms with Crippen LogP contribution in [0.1, 0.15) is 160 Å². The smallest absolute Gasteiger partial charge is 0.0369 e. The first-order valence-electron chi connectivity index (χ1n) is 15.6. The van der Waals surface area contributed by atoms with Crippen molar-refractivity contribution in [1.29, 1.82) is 0 Å². The lowest BCUT2D eigenvalue weighted by atomic mass is 9.95. The molecule has 1 saturated carbocycles. The van der Waals surface area contributed by atoms with Crippen LogP contribution in [0.25, 0.3) is 0 Å². The van der Waals surface area contributed by atoms with Crippen molar-refractivity contribution in [1.82, 2.24) is 5.32 Å². The molecule has 1 aliphatic carbocycles. The van der Waals surface area contributed by atoms with Crippen LogP contribution in [0.15, 0.2) is 47.7 Å². The van der Waals surface area contributed by atoms with Gasteiger partial charge in [0.2, 0.25) is 0 Å². The summed E-state index contributed by atoms with van der Waals surface area (Å²) in [6.07, 6.45) is 18.0. The molecule has 222 valence electrons. The van der Waals surface area contributed by atoms with Gasteiger partial charge in [-0.1, -0.05) is 124 Å². The van der Waals surface area contributed by atoms with Crippen LogP contribution >= 0.6 is 0 Å². The maximum atomic E-state index is 5.68. The molecular weight excluding hydrogens is 448 g/mol. The third kappa shape index (κ3) is 39.4. The molecule has 0 aromatic rings. The predicted molar refractivity (Wildman–Crippen MR) is 176 cm³/mol. The molecule has 1 fully saturated rings. The van der Waals surface area contributed by atoms with Crippen molar-refractivity contribution < 1.29 is 0 Å². The van der Waals surface area contributed by atoms with E-state index in [0.717, 1.165) is 34.4 Å². The Labute approximate surface area is 236 Å². The van der Waals surface area contributed by atoms with E-state index in [4.69, 9.17) is 5.73 Å². The summed E-state index contributed by atoms with van der Waals surface area (Å²) in [5.41, 5.74) is 10.7. The van der Waals surface area contributed by atoms with Crippen LogP contribution in [-0.2, 0) is 0 Å². The van der Waals surface area contributed by atoms with Crippen molar-refractivity contribution >= 4 is 0 Å². The van der Waals surface area contributed by atoms with Gasteiger partial charge in [-0.25, -0.2) is 0 Å². The predicted octanol–water partition coefficient (Wildman–Crippen LogP) is 11.7. The van der Waals surface area contributed by atoms with E-state index in [1.54, 1.807) is 0 Å². The zero-order valence-electron chi connectivity index (χ0n) is 27.8. The van der Waals surface area contributed by atoms with Gasteiger partial charge in [-0.15, -0.1) is 6.58 Å². The number of unbranched alkanes of at least 4 members (excludes halogenated alkanes) is 5. The average molecular weight is 521 g/mol. The second-order valence-corrected chi connectivity index (χ2v) is 11.1. The number of hydrogen-bond acceptors (Lipinski definition) is 2. The summed E-state index contributed by atoms with van der Waals surface area (Å²) in [5, 5.41) is 3.70. The number of allylic oxidation sites excluding steroid dienone is 4. The fourth-order valence-electron chi connectivity index (χ4n) is 3.37. The second kappa shape index (κ2) is 32.7. The molecule has 0 amide bonds. The summed E-state index contributed by atoms with van der Waals surface area (Å²) in [6.45, 7) is 35.4. The van der Waals surface area contributed by atoms with E-state index in [1.165, 1.54) is 95.6 Å². The topological polar surface area (TPSA) is 38.0 Å². The first kappa shape index (κ1) is 42.8. The molecule has 0 saturated heterocycles. The third-order valence-corrected chi connectivity index (χ3v) is 5.78. The van der Waals surface area contributed by atoms with Crippen LogP contribution in [0.5, 0.6) is 0 Å². The summed E-state index contributed by atoms with van der Waals surface area (Å²) < 4.78 is 0. The summed E-state index contributed by atoms with van der Waals surface area (Å²) >= 11 is 0. The fourth-order valence-corrected chi connectivity index (χ4v) is 3.37. The molecule has 37 heavy (non-hydrogen) atoms. The molecule has 3 N–H and O–H groups in total. The molecule has 0 atom stereocenters. The van der Waals surface area contributed by atoms with Gasteiger partial charge in [-0.2, -0.15) is 0 Å². The van der Waals surface area contributed by atoms with Crippen LogP contribution in [0.3, 0.4) is 0 Å². The molecule has 0 radical (unpaired) electrons. The van der Waals surface area contributed by atoms with Gasteiger partial charge in [0.05, 0.1) is 0 Å². The van der Waals surface area contributed by atoms with E-state index in [2.05, 4.69) is 66.6 Å². The molecule has 0 unspecified atom stereocenters.